The first-order chi connectivity index (χ1) is 12.7. The first-order valence-corrected chi connectivity index (χ1v) is 8.60. The quantitative estimate of drug-likeness (QED) is 0.883. The number of carbonyl (C=O) groups excluding carboxylic acids is 1. The molecule has 7 heteroatoms. The van der Waals surface area contributed by atoms with Gasteiger partial charge in [0.1, 0.15) is 17.7 Å². The van der Waals surface area contributed by atoms with Crippen LogP contribution in [0.1, 0.15) is 30.4 Å². The molecule has 3 rings (SSSR count). The van der Waals surface area contributed by atoms with Crippen molar-refractivity contribution < 1.29 is 9.18 Å². The average molecular weight is 353 g/mol. The molecule has 2 aromatic rings. The van der Waals surface area contributed by atoms with Gasteiger partial charge < -0.3 is 15.5 Å². The lowest BCUT2D eigenvalue weighted by molar-refractivity contribution is 0.251. The van der Waals surface area contributed by atoms with E-state index in [-0.39, 0.29) is 11.3 Å². The highest BCUT2D eigenvalue weighted by Gasteiger charge is 2.13. The molecule has 0 bridgehead atoms. The van der Waals surface area contributed by atoms with Crippen LogP contribution in [0.25, 0.3) is 0 Å². The Hall–Kier alpha value is -3.14. The van der Waals surface area contributed by atoms with Crippen LogP contribution in [-0.2, 0) is 6.54 Å². The predicted octanol–water partition coefficient (Wildman–Crippen LogP) is 3.40. The average Bonchev–Trinajstić information content (AvgIpc) is 2.68. The van der Waals surface area contributed by atoms with Crippen molar-refractivity contribution in [3.8, 4) is 6.07 Å². The molecule has 6 nitrogen and oxygen atoms in total. The summed E-state index contributed by atoms with van der Waals surface area (Å²) >= 11 is 0. The summed E-state index contributed by atoms with van der Waals surface area (Å²) in [5.41, 5.74) is 1.29. The van der Waals surface area contributed by atoms with Gasteiger partial charge in [-0.1, -0.05) is 0 Å². The van der Waals surface area contributed by atoms with E-state index in [0.29, 0.717) is 6.54 Å². The third kappa shape index (κ3) is 4.48. The van der Waals surface area contributed by atoms with Crippen LogP contribution in [0.15, 0.2) is 36.5 Å². The Morgan fingerprint density at radius 3 is 2.81 bits per heavy atom. The maximum atomic E-state index is 13.1. The summed E-state index contributed by atoms with van der Waals surface area (Å²) in [5.74, 6) is 0.407. The number of hydrogen-bond acceptors (Lipinski definition) is 4. The molecule has 0 atom stereocenters. The Balaban J connectivity index is 1.59. The number of pyridine rings is 1. The molecule has 2 heterocycles. The summed E-state index contributed by atoms with van der Waals surface area (Å²) in [6.07, 6.45) is 5.34. The molecular formula is C19H20FN5O. The number of halogens is 1. The van der Waals surface area contributed by atoms with Gasteiger partial charge in [-0.15, -0.1) is 0 Å². The summed E-state index contributed by atoms with van der Waals surface area (Å²) in [5, 5.41) is 14.3. The molecule has 0 radical (unpaired) electrons. The van der Waals surface area contributed by atoms with E-state index < -0.39 is 11.8 Å². The van der Waals surface area contributed by atoms with Gasteiger partial charge in [-0.2, -0.15) is 5.26 Å². The second kappa shape index (κ2) is 8.30. The van der Waals surface area contributed by atoms with E-state index in [1.165, 1.54) is 31.4 Å². The number of nitrogens with zero attached hydrogens (tertiary/aromatic N) is 3. The molecular weight excluding hydrogens is 333 g/mol. The lowest BCUT2D eigenvalue weighted by atomic mass is 10.1. The molecule has 0 aliphatic carbocycles. The number of benzene rings is 1. The normalized spacial score (nSPS) is 13.8. The zero-order chi connectivity index (χ0) is 18.4. The first kappa shape index (κ1) is 17.7. The van der Waals surface area contributed by atoms with E-state index in [9.17, 15) is 9.18 Å². The van der Waals surface area contributed by atoms with Gasteiger partial charge in [0, 0.05) is 25.8 Å². The topological polar surface area (TPSA) is 81.0 Å². The van der Waals surface area contributed by atoms with Crippen molar-refractivity contribution >= 4 is 17.5 Å². The van der Waals surface area contributed by atoms with Gasteiger partial charge in [0.05, 0.1) is 11.3 Å². The maximum Gasteiger partial charge on any atom is 0.319 e. The summed E-state index contributed by atoms with van der Waals surface area (Å²) in [6.45, 7) is 2.34. The van der Waals surface area contributed by atoms with Crippen molar-refractivity contribution in [3.63, 3.8) is 0 Å². The SMILES string of the molecule is N#Cc1cc(F)ccc1NC(=O)NCc1ccnc(N2CCCCC2)c1. The van der Waals surface area contributed by atoms with Gasteiger partial charge >= 0.3 is 6.03 Å². The van der Waals surface area contributed by atoms with Crippen molar-refractivity contribution in [2.24, 2.45) is 0 Å². The van der Waals surface area contributed by atoms with Gasteiger partial charge in [-0.3, -0.25) is 0 Å². The number of piperidine rings is 1. The van der Waals surface area contributed by atoms with Crippen LogP contribution in [-0.4, -0.2) is 24.1 Å². The van der Waals surface area contributed by atoms with Crippen molar-refractivity contribution in [2.45, 2.75) is 25.8 Å². The smallest absolute Gasteiger partial charge is 0.319 e. The zero-order valence-corrected chi connectivity index (χ0v) is 14.3. The van der Waals surface area contributed by atoms with Gasteiger partial charge in [0.15, 0.2) is 0 Å². The summed E-state index contributed by atoms with van der Waals surface area (Å²) in [6, 6.07) is 8.89. The first-order valence-electron chi connectivity index (χ1n) is 8.60. The number of rotatable bonds is 4. The monoisotopic (exact) mass is 353 g/mol. The predicted molar refractivity (Wildman–Crippen MR) is 97.3 cm³/mol. The fourth-order valence-corrected chi connectivity index (χ4v) is 2.93. The van der Waals surface area contributed by atoms with Crippen molar-refractivity contribution in [1.82, 2.24) is 10.3 Å². The molecule has 1 fully saturated rings. The minimum atomic E-state index is -0.519. The minimum Gasteiger partial charge on any atom is -0.357 e. The van der Waals surface area contributed by atoms with E-state index in [4.69, 9.17) is 5.26 Å². The largest absolute Gasteiger partial charge is 0.357 e. The number of nitriles is 1. The van der Waals surface area contributed by atoms with Crippen LogP contribution in [0.2, 0.25) is 0 Å². The number of urea groups is 1. The fraction of sp³-hybridized carbons (Fsp3) is 0.316. The van der Waals surface area contributed by atoms with E-state index in [1.54, 1.807) is 6.20 Å². The van der Waals surface area contributed by atoms with E-state index in [0.717, 1.165) is 30.5 Å². The minimum absolute atomic E-state index is 0.0800. The number of amides is 2. The van der Waals surface area contributed by atoms with Gasteiger partial charge in [0.25, 0.3) is 0 Å². The van der Waals surface area contributed by atoms with E-state index >= 15 is 0 Å². The van der Waals surface area contributed by atoms with Crippen molar-refractivity contribution in [2.75, 3.05) is 23.3 Å². The van der Waals surface area contributed by atoms with Crippen LogP contribution in [0.3, 0.4) is 0 Å². The summed E-state index contributed by atoms with van der Waals surface area (Å²) in [4.78, 5) is 18.7. The Kier molecular flexibility index (Phi) is 5.64. The lowest BCUT2D eigenvalue weighted by Crippen LogP contribution is -2.31. The van der Waals surface area contributed by atoms with Crippen molar-refractivity contribution in [1.29, 1.82) is 5.26 Å². The van der Waals surface area contributed by atoms with Gasteiger partial charge in [-0.05, 0) is 55.2 Å². The van der Waals surface area contributed by atoms with Crippen LogP contribution in [0, 0.1) is 17.1 Å². The van der Waals surface area contributed by atoms with Gasteiger partial charge in [0.2, 0.25) is 0 Å². The molecule has 0 unspecified atom stereocenters. The molecule has 26 heavy (non-hydrogen) atoms. The molecule has 2 N–H and O–H groups in total. The summed E-state index contributed by atoms with van der Waals surface area (Å²) < 4.78 is 13.1. The van der Waals surface area contributed by atoms with E-state index in [2.05, 4.69) is 20.5 Å². The molecule has 1 aliphatic rings. The second-order valence-corrected chi connectivity index (χ2v) is 6.18. The van der Waals surface area contributed by atoms with Crippen LogP contribution in [0.4, 0.5) is 20.7 Å². The number of nitrogens with one attached hydrogen (secondary N) is 2. The lowest BCUT2D eigenvalue weighted by Gasteiger charge is -2.27. The molecule has 134 valence electrons. The Morgan fingerprint density at radius 2 is 2.04 bits per heavy atom. The molecule has 1 saturated heterocycles. The Labute approximate surface area is 151 Å². The van der Waals surface area contributed by atoms with E-state index in [1.807, 2.05) is 18.2 Å². The third-order valence-electron chi connectivity index (χ3n) is 4.29. The Morgan fingerprint density at radius 1 is 1.23 bits per heavy atom. The molecule has 1 aliphatic heterocycles. The van der Waals surface area contributed by atoms with Crippen LogP contribution < -0.4 is 15.5 Å². The second-order valence-electron chi connectivity index (χ2n) is 6.18. The van der Waals surface area contributed by atoms with Crippen LogP contribution >= 0.6 is 0 Å². The standard InChI is InChI=1S/C19H20FN5O/c20-16-4-5-17(15(11-16)12-21)24-19(26)23-13-14-6-7-22-18(10-14)25-8-2-1-3-9-25/h4-7,10-11H,1-3,8-9,13H2,(H2,23,24,26). The van der Waals surface area contributed by atoms with Crippen molar-refractivity contribution in [3.05, 3.63) is 53.5 Å². The molecule has 1 aromatic heterocycles. The fourth-order valence-electron chi connectivity index (χ4n) is 2.93. The number of hydrogen-bond donors (Lipinski definition) is 2. The molecule has 0 spiro atoms. The molecule has 2 amide bonds. The number of anilines is 2. The maximum absolute atomic E-state index is 13.1. The zero-order valence-electron chi connectivity index (χ0n) is 14.3. The Bertz CT molecular complexity index is 827. The highest BCUT2D eigenvalue weighted by atomic mass is 19.1. The molecule has 1 aromatic carbocycles. The number of aromatic nitrogens is 1. The number of carbonyl (C=O) groups is 1. The highest BCUT2D eigenvalue weighted by Crippen LogP contribution is 2.19. The van der Waals surface area contributed by atoms with Gasteiger partial charge in [-0.25, -0.2) is 14.2 Å². The molecule has 0 saturated carbocycles. The highest BCUT2D eigenvalue weighted by molar-refractivity contribution is 5.90. The van der Waals surface area contributed by atoms with Crippen LogP contribution in [0.5, 0.6) is 0 Å². The third-order valence-corrected chi connectivity index (χ3v) is 4.29. The summed E-state index contributed by atoms with van der Waals surface area (Å²) in [7, 11) is 0.